The van der Waals surface area contributed by atoms with Crippen LogP contribution >= 0.6 is 0 Å². The highest BCUT2D eigenvalue weighted by molar-refractivity contribution is 5.31. The van der Waals surface area contributed by atoms with Gasteiger partial charge in [-0.15, -0.1) is 0 Å². The van der Waals surface area contributed by atoms with Crippen molar-refractivity contribution >= 4 is 0 Å². The number of nitrogens with one attached hydrogen (secondary N) is 1. The van der Waals surface area contributed by atoms with Gasteiger partial charge in [0.15, 0.2) is 0 Å². The van der Waals surface area contributed by atoms with Gasteiger partial charge in [-0.3, -0.25) is 0 Å². The maximum atomic E-state index is 3.98. The smallest absolute Gasteiger partial charge is 0.0325 e. The molecular formula is C19H29N. The van der Waals surface area contributed by atoms with Gasteiger partial charge in [0.25, 0.3) is 0 Å². The third kappa shape index (κ3) is 3.25. The van der Waals surface area contributed by atoms with Crippen LogP contribution in [0.5, 0.6) is 0 Å². The summed E-state index contributed by atoms with van der Waals surface area (Å²) in [5.74, 6) is 0.902. The molecule has 0 saturated heterocycles. The maximum Gasteiger partial charge on any atom is 0.0325 e. The number of aryl methyl sites for hydroxylation is 1. The molecule has 2 aliphatic rings. The molecule has 1 unspecified atom stereocenters. The van der Waals surface area contributed by atoms with Crippen molar-refractivity contribution in [1.82, 2.24) is 5.32 Å². The van der Waals surface area contributed by atoms with Gasteiger partial charge in [-0.2, -0.15) is 0 Å². The summed E-state index contributed by atoms with van der Waals surface area (Å²) in [6, 6.07) is 10.4. The quantitative estimate of drug-likeness (QED) is 0.762. The van der Waals surface area contributed by atoms with Crippen LogP contribution in [-0.2, 0) is 6.42 Å². The van der Waals surface area contributed by atoms with Gasteiger partial charge in [0, 0.05) is 12.1 Å². The Morgan fingerprint density at radius 3 is 2.55 bits per heavy atom. The van der Waals surface area contributed by atoms with Crippen LogP contribution < -0.4 is 5.32 Å². The molecule has 1 saturated carbocycles. The van der Waals surface area contributed by atoms with Crippen molar-refractivity contribution in [2.24, 2.45) is 5.92 Å². The Hall–Kier alpha value is -0.820. The number of hydrogen-bond donors (Lipinski definition) is 1. The highest BCUT2D eigenvalue weighted by atomic mass is 15.0. The van der Waals surface area contributed by atoms with E-state index in [1.807, 2.05) is 0 Å². The fourth-order valence-electron chi connectivity index (χ4n) is 4.18. The van der Waals surface area contributed by atoms with E-state index < -0.39 is 0 Å². The monoisotopic (exact) mass is 271 g/mol. The molecule has 20 heavy (non-hydrogen) atoms. The molecule has 1 aromatic rings. The zero-order valence-electron chi connectivity index (χ0n) is 12.9. The summed E-state index contributed by atoms with van der Waals surface area (Å²) in [5.41, 5.74) is 3.16. The molecule has 110 valence electrons. The van der Waals surface area contributed by atoms with Crippen LogP contribution in [-0.4, -0.2) is 6.04 Å². The Kier molecular flexibility index (Phi) is 4.77. The molecule has 3 rings (SSSR count). The minimum absolute atomic E-state index is 0.589. The molecule has 0 radical (unpaired) electrons. The average Bonchev–Trinajstić information content (AvgIpc) is 2.71. The summed E-state index contributed by atoms with van der Waals surface area (Å²) in [6.07, 6.45) is 12.5. The van der Waals surface area contributed by atoms with Crippen LogP contribution in [0.4, 0.5) is 0 Å². The Labute approximate surface area is 124 Å². The van der Waals surface area contributed by atoms with Crippen molar-refractivity contribution in [3.05, 3.63) is 35.4 Å². The molecule has 2 atom stereocenters. The lowest BCUT2D eigenvalue weighted by molar-refractivity contribution is 0.260. The first-order chi connectivity index (χ1) is 9.84. The molecule has 0 spiro atoms. The summed E-state index contributed by atoms with van der Waals surface area (Å²) in [7, 11) is 0. The second kappa shape index (κ2) is 6.76. The van der Waals surface area contributed by atoms with Gasteiger partial charge in [0.2, 0.25) is 0 Å². The zero-order chi connectivity index (χ0) is 13.8. The van der Waals surface area contributed by atoms with E-state index in [1.54, 1.807) is 11.1 Å². The lowest BCUT2D eigenvalue weighted by atomic mass is 9.84. The van der Waals surface area contributed by atoms with Crippen molar-refractivity contribution in [3.8, 4) is 0 Å². The van der Waals surface area contributed by atoms with Crippen molar-refractivity contribution in [2.45, 2.75) is 76.8 Å². The first kappa shape index (κ1) is 14.1. The minimum Gasteiger partial charge on any atom is -0.307 e. The molecule has 1 aromatic carbocycles. The van der Waals surface area contributed by atoms with Gasteiger partial charge in [-0.1, -0.05) is 49.9 Å². The van der Waals surface area contributed by atoms with Crippen molar-refractivity contribution in [1.29, 1.82) is 0 Å². The van der Waals surface area contributed by atoms with E-state index in [0.29, 0.717) is 12.1 Å². The minimum atomic E-state index is 0.589. The van der Waals surface area contributed by atoms with Crippen molar-refractivity contribution < 1.29 is 0 Å². The molecule has 1 heteroatoms. The van der Waals surface area contributed by atoms with Gasteiger partial charge in [0.1, 0.15) is 0 Å². The highest BCUT2D eigenvalue weighted by Gasteiger charge is 2.24. The number of benzene rings is 1. The Balaban J connectivity index is 1.69. The SMILES string of the molecule is C[C@@H](NC1CCCCc2ccccc21)C1CCCCC1. The molecule has 0 heterocycles. The van der Waals surface area contributed by atoms with Crippen LogP contribution in [0.2, 0.25) is 0 Å². The first-order valence-corrected chi connectivity index (χ1v) is 8.68. The highest BCUT2D eigenvalue weighted by Crippen LogP contribution is 2.32. The van der Waals surface area contributed by atoms with Crippen molar-refractivity contribution in [3.63, 3.8) is 0 Å². The second-order valence-electron chi connectivity index (χ2n) is 6.85. The predicted molar refractivity (Wildman–Crippen MR) is 85.9 cm³/mol. The molecule has 1 N–H and O–H groups in total. The van der Waals surface area contributed by atoms with Crippen LogP contribution in [0.25, 0.3) is 0 Å². The molecule has 0 aliphatic heterocycles. The van der Waals surface area contributed by atoms with Gasteiger partial charge in [-0.05, 0) is 56.1 Å². The van der Waals surface area contributed by atoms with E-state index in [-0.39, 0.29) is 0 Å². The van der Waals surface area contributed by atoms with Crippen LogP contribution in [0, 0.1) is 5.92 Å². The Morgan fingerprint density at radius 1 is 0.950 bits per heavy atom. The van der Waals surface area contributed by atoms with Crippen LogP contribution in [0.15, 0.2) is 24.3 Å². The van der Waals surface area contributed by atoms with E-state index in [0.717, 1.165) is 5.92 Å². The normalized spacial score (nSPS) is 25.8. The molecule has 0 amide bonds. The van der Waals surface area contributed by atoms with Gasteiger partial charge in [0.05, 0.1) is 0 Å². The van der Waals surface area contributed by atoms with E-state index in [4.69, 9.17) is 0 Å². The summed E-state index contributed by atoms with van der Waals surface area (Å²) >= 11 is 0. The van der Waals surface area contributed by atoms with E-state index in [1.165, 1.54) is 57.8 Å². The third-order valence-electron chi connectivity index (χ3n) is 5.44. The zero-order valence-corrected chi connectivity index (χ0v) is 12.9. The number of hydrogen-bond acceptors (Lipinski definition) is 1. The Morgan fingerprint density at radius 2 is 1.70 bits per heavy atom. The summed E-state index contributed by atoms with van der Waals surface area (Å²) < 4.78 is 0. The number of rotatable bonds is 3. The Bertz CT molecular complexity index is 420. The molecule has 1 fully saturated rings. The summed E-state index contributed by atoms with van der Waals surface area (Å²) in [6.45, 7) is 2.42. The fraction of sp³-hybridized carbons (Fsp3) is 0.684. The van der Waals surface area contributed by atoms with Crippen molar-refractivity contribution in [2.75, 3.05) is 0 Å². The first-order valence-electron chi connectivity index (χ1n) is 8.68. The number of fused-ring (bicyclic) bond motifs is 1. The standard InChI is InChI=1S/C19H29N/c1-15(16-9-3-2-4-10-16)20-19-14-8-6-12-17-11-5-7-13-18(17)19/h5,7,11,13,15-16,19-20H,2-4,6,8-10,12,14H2,1H3/t15-,19?/m1/s1. The molecule has 2 aliphatic carbocycles. The van der Waals surface area contributed by atoms with E-state index in [9.17, 15) is 0 Å². The summed E-state index contributed by atoms with van der Waals surface area (Å²) in [4.78, 5) is 0. The summed E-state index contributed by atoms with van der Waals surface area (Å²) in [5, 5.41) is 3.98. The molecule has 0 bridgehead atoms. The lowest BCUT2D eigenvalue weighted by Gasteiger charge is -2.32. The van der Waals surface area contributed by atoms with Gasteiger partial charge >= 0.3 is 0 Å². The van der Waals surface area contributed by atoms with Gasteiger partial charge in [-0.25, -0.2) is 0 Å². The fourth-order valence-corrected chi connectivity index (χ4v) is 4.18. The van der Waals surface area contributed by atoms with E-state index in [2.05, 4.69) is 36.5 Å². The largest absolute Gasteiger partial charge is 0.307 e. The molecular weight excluding hydrogens is 242 g/mol. The van der Waals surface area contributed by atoms with Crippen LogP contribution in [0.1, 0.15) is 75.5 Å². The third-order valence-corrected chi connectivity index (χ3v) is 5.44. The second-order valence-corrected chi connectivity index (χ2v) is 6.85. The van der Waals surface area contributed by atoms with Gasteiger partial charge < -0.3 is 5.32 Å². The predicted octanol–water partition coefficient (Wildman–Crippen LogP) is 5.01. The van der Waals surface area contributed by atoms with Crippen LogP contribution in [0.3, 0.4) is 0 Å². The van der Waals surface area contributed by atoms with E-state index >= 15 is 0 Å². The average molecular weight is 271 g/mol. The lowest BCUT2D eigenvalue weighted by Crippen LogP contribution is -2.37. The molecule has 0 aromatic heterocycles. The maximum absolute atomic E-state index is 3.98. The molecule has 1 nitrogen and oxygen atoms in total. The topological polar surface area (TPSA) is 12.0 Å².